The first-order valence-electron chi connectivity index (χ1n) is 6.69. The first-order chi connectivity index (χ1) is 8.19. The van der Waals surface area contributed by atoms with Crippen molar-refractivity contribution in [1.29, 1.82) is 0 Å². The average Bonchev–Trinajstić information content (AvgIpc) is 2.53. The fourth-order valence-electron chi connectivity index (χ4n) is 2.57. The van der Waals surface area contributed by atoms with E-state index in [9.17, 15) is 0 Å². The van der Waals surface area contributed by atoms with Crippen molar-refractivity contribution in [3.05, 3.63) is 23.2 Å². The fraction of sp³-hybridized carbons (Fsp3) is 0.714. The van der Waals surface area contributed by atoms with Crippen LogP contribution >= 0.6 is 0 Å². The number of hydrogen-bond donors (Lipinski definition) is 1. The van der Waals surface area contributed by atoms with E-state index in [0.717, 1.165) is 24.0 Å². The summed E-state index contributed by atoms with van der Waals surface area (Å²) in [4.78, 5) is 2.54. The highest BCUT2D eigenvalue weighted by atomic mass is 16.3. The van der Waals surface area contributed by atoms with Gasteiger partial charge in [-0.25, -0.2) is 0 Å². The molecule has 1 atom stereocenters. The summed E-state index contributed by atoms with van der Waals surface area (Å²) in [6.45, 7) is 8.34. The number of hydrogen-bond acceptors (Lipinski definition) is 3. The zero-order valence-corrected chi connectivity index (χ0v) is 11.0. The average molecular weight is 236 g/mol. The van der Waals surface area contributed by atoms with E-state index in [4.69, 9.17) is 10.2 Å². The third kappa shape index (κ3) is 3.33. The molecule has 3 nitrogen and oxygen atoms in total. The number of likely N-dealkylation sites (tertiary alicyclic amines) is 1. The van der Waals surface area contributed by atoms with Crippen molar-refractivity contribution in [2.24, 2.45) is 11.7 Å². The van der Waals surface area contributed by atoms with Crippen molar-refractivity contribution in [2.75, 3.05) is 13.1 Å². The molecule has 1 aliphatic heterocycles. The van der Waals surface area contributed by atoms with Crippen LogP contribution in [0.2, 0.25) is 0 Å². The molecule has 3 heteroatoms. The summed E-state index contributed by atoms with van der Waals surface area (Å²) in [5, 5.41) is 0. The second-order valence-electron chi connectivity index (χ2n) is 5.31. The van der Waals surface area contributed by atoms with E-state index in [-0.39, 0.29) is 0 Å². The van der Waals surface area contributed by atoms with Gasteiger partial charge < -0.3 is 10.2 Å². The quantitative estimate of drug-likeness (QED) is 0.877. The number of nitrogens with zero attached hydrogens (tertiary/aromatic N) is 1. The molecule has 1 fully saturated rings. The van der Waals surface area contributed by atoms with Crippen molar-refractivity contribution in [3.8, 4) is 0 Å². The van der Waals surface area contributed by atoms with Gasteiger partial charge in [0.2, 0.25) is 0 Å². The summed E-state index contributed by atoms with van der Waals surface area (Å²) in [5.41, 5.74) is 6.91. The molecule has 1 aliphatic rings. The molecule has 2 heterocycles. The highest BCUT2D eigenvalue weighted by molar-refractivity contribution is 5.20. The van der Waals surface area contributed by atoms with E-state index < -0.39 is 0 Å². The molecule has 0 radical (unpaired) electrons. The largest absolute Gasteiger partial charge is 0.465 e. The summed E-state index contributed by atoms with van der Waals surface area (Å²) >= 11 is 0. The van der Waals surface area contributed by atoms with Gasteiger partial charge in [0.05, 0.1) is 6.54 Å². The first kappa shape index (κ1) is 12.7. The van der Waals surface area contributed by atoms with Gasteiger partial charge in [0.25, 0.3) is 0 Å². The smallest absolute Gasteiger partial charge is 0.118 e. The lowest BCUT2D eigenvalue weighted by Crippen LogP contribution is -2.24. The molecule has 96 valence electrons. The molecular formula is C14H24N2O. The summed E-state index contributed by atoms with van der Waals surface area (Å²) < 4.78 is 5.61. The molecule has 1 aromatic heterocycles. The number of rotatable bonds is 3. The predicted molar refractivity (Wildman–Crippen MR) is 69.6 cm³/mol. The SMILES string of the molecule is Cc1oc(CN)cc1CN1CCCC(C)CC1. The maximum atomic E-state index is 5.61. The minimum absolute atomic E-state index is 0.498. The molecule has 1 saturated heterocycles. The van der Waals surface area contributed by atoms with Crippen molar-refractivity contribution < 1.29 is 4.42 Å². The van der Waals surface area contributed by atoms with Gasteiger partial charge in [0, 0.05) is 12.1 Å². The highest BCUT2D eigenvalue weighted by Gasteiger charge is 2.16. The molecule has 0 aliphatic carbocycles. The Kier molecular flexibility index (Phi) is 4.24. The Morgan fingerprint density at radius 1 is 1.41 bits per heavy atom. The Labute approximate surface area is 104 Å². The minimum atomic E-state index is 0.498. The van der Waals surface area contributed by atoms with Gasteiger partial charge in [-0.1, -0.05) is 6.92 Å². The molecule has 0 spiro atoms. The van der Waals surface area contributed by atoms with Gasteiger partial charge in [-0.3, -0.25) is 4.90 Å². The maximum absolute atomic E-state index is 5.61. The standard InChI is InChI=1S/C14H24N2O/c1-11-4-3-6-16(7-5-11)10-13-8-14(9-15)17-12(13)2/h8,11H,3-7,9-10,15H2,1-2H3. The zero-order valence-electron chi connectivity index (χ0n) is 11.0. The van der Waals surface area contributed by atoms with E-state index >= 15 is 0 Å². The minimum Gasteiger partial charge on any atom is -0.465 e. The van der Waals surface area contributed by atoms with E-state index in [0.29, 0.717) is 6.54 Å². The van der Waals surface area contributed by atoms with Gasteiger partial charge in [-0.05, 0) is 51.3 Å². The third-order valence-corrected chi connectivity index (χ3v) is 3.78. The molecule has 0 saturated carbocycles. The van der Waals surface area contributed by atoms with Crippen LogP contribution in [0.4, 0.5) is 0 Å². The second-order valence-corrected chi connectivity index (χ2v) is 5.31. The molecular weight excluding hydrogens is 212 g/mol. The fourth-order valence-corrected chi connectivity index (χ4v) is 2.57. The molecule has 2 N–H and O–H groups in total. The van der Waals surface area contributed by atoms with E-state index in [1.807, 2.05) is 6.92 Å². The summed E-state index contributed by atoms with van der Waals surface area (Å²) in [6, 6.07) is 2.11. The maximum Gasteiger partial charge on any atom is 0.118 e. The van der Waals surface area contributed by atoms with Gasteiger partial charge in [0.1, 0.15) is 11.5 Å². The normalized spacial score (nSPS) is 22.6. The van der Waals surface area contributed by atoms with Crippen LogP contribution in [0, 0.1) is 12.8 Å². The monoisotopic (exact) mass is 236 g/mol. The Balaban J connectivity index is 1.97. The lowest BCUT2D eigenvalue weighted by atomic mass is 10.0. The third-order valence-electron chi connectivity index (χ3n) is 3.78. The Hall–Kier alpha value is -0.800. The predicted octanol–water partition coefficient (Wildman–Crippen LogP) is 2.67. The number of furan rings is 1. The lowest BCUT2D eigenvalue weighted by molar-refractivity contribution is 0.272. The van der Waals surface area contributed by atoms with Crippen molar-refractivity contribution >= 4 is 0 Å². The summed E-state index contributed by atoms with van der Waals surface area (Å²) in [6.07, 6.45) is 4.01. The van der Waals surface area contributed by atoms with Gasteiger partial charge in [-0.15, -0.1) is 0 Å². The summed E-state index contributed by atoms with van der Waals surface area (Å²) in [7, 11) is 0. The zero-order chi connectivity index (χ0) is 12.3. The van der Waals surface area contributed by atoms with Crippen molar-refractivity contribution in [1.82, 2.24) is 4.90 Å². The first-order valence-corrected chi connectivity index (χ1v) is 6.69. The van der Waals surface area contributed by atoms with Crippen molar-refractivity contribution in [2.45, 2.75) is 46.2 Å². The molecule has 2 rings (SSSR count). The molecule has 0 bridgehead atoms. The van der Waals surface area contributed by atoms with Crippen LogP contribution in [0.5, 0.6) is 0 Å². The van der Waals surface area contributed by atoms with Crippen LogP contribution in [-0.2, 0) is 13.1 Å². The van der Waals surface area contributed by atoms with Gasteiger partial charge >= 0.3 is 0 Å². The van der Waals surface area contributed by atoms with Crippen LogP contribution in [0.3, 0.4) is 0 Å². The Morgan fingerprint density at radius 3 is 2.94 bits per heavy atom. The molecule has 17 heavy (non-hydrogen) atoms. The Morgan fingerprint density at radius 2 is 2.24 bits per heavy atom. The lowest BCUT2D eigenvalue weighted by Gasteiger charge is -2.19. The highest BCUT2D eigenvalue weighted by Crippen LogP contribution is 2.21. The molecule has 1 aromatic rings. The number of nitrogens with two attached hydrogens (primary N) is 1. The van der Waals surface area contributed by atoms with Crippen LogP contribution in [0.25, 0.3) is 0 Å². The topological polar surface area (TPSA) is 42.4 Å². The van der Waals surface area contributed by atoms with E-state index in [1.165, 1.54) is 37.9 Å². The number of aryl methyl sites for hydroxylation is 1. The molecule has 1 unspecified atom stereocenters. The second kappa shape index (κ2) is 5.69. The van der Waals surface area contributed by atoms with Crippen LogP contribution in [0.1, 0.15) is 43.3 Å². The van der Waals surface area contributed by atoms with Crippen LogP contribution in [0.15, 0.2) is 10.5 Å². The summed E-state index contributed by atoms with van der Waals surface area (Å²) in [5.74, 6) is 2.81. The molecule has 0 aromatic carbocycles. The van der Waals surface area contributed by atoms with Gasteiger partial charge in [-0.2, -0.15) is 0 Å². The van der Waals surface area contributed by atoms with Crippen LogP contribution in [-0.4, -0.2) is 18.0 Å². The Bertz CT molecular complexity index is 359. The van der Waals surface area contributed by atoms with Crippen LogP contribution < -0.4 is 5.73 Å². The van der Waals surface area contributed by atoms with Crippen molar-refractivity contribution in [3.63, 3.8) is 0 Å². The van der Waals surface area contributed by atoms with E-state index in [1.54, 1.807) is 0 Å². The van der Waals surface area contributed by atoms with Gasteiger partial charge in [0.15, 0.2) is 0 Å². The molecule has 0 amide bonds. The van der Waals surface area contributed by atoms with E-state index in [2.05, 4.69) is 17.9 Å².